The number of hydrogen-bond acceptors (Lipinski definition) is 7. The van der Waals surface area contributed by atoms with Crippen molar-refractivity contribution in [1.82, 2.24) is 5.32 Å². The summed E-state index contributed by atoms with van der Waals surface area (Å²) in [5, 5.41) is 32.0. The van der Waals surface area contributed by atoms with E-state index in [4.69, 9.17) is 5.11 Å². The predicted octanol–water partition coefficient (Wildman–Crippen LogP) is -0.405. The van der Waals surface area contributed by atoms with Gasteiger partial charge in [-0.1, -0.05) is 0 Å². The van der Waals surface area contributed by atoms with Crippen LogP contribution in [0.3, 0.4) is 0 Å². The second-order valence-electron chi connectivity index (χ2n) is 5.66. The van der Waals surface area contributed by atoms with E-state index in [0.717, 1.165) is 32.0 Å². The zero-order valence-corrected chi connectivity index (χ0v) is 14.8. The minimum atomic E-state index is -1.65. The maximum Gasteiger partial charge on any atom is 0.335 e. The molecule has 1 aromatic rings. The van der Waals surface area contributed by atoms with Gasteiger partial charge in [0.05, 0.1) is 11.7 Å². The number of carbonyl (C=O) groups is 5. The first kappa shape index (κ1) is 22.4. The van der Waals surface area contributed by atoms with Crippen molar-refractivity contribution in [3.63, 3.8) is 0 Å². The molecule has 0 radical (unpaired) electrons. The Bertz CT molecular complexity index is 835. The summed E-state index contributed by atoms with van der Waals surface area (Å²) in [6.07, 6.45) is -1.51. The number of aromatic carboxylic acids is 1. The average Bonchev–Trinajstić information content (AvgIpc) is 2.62. The van der Waals surface area contributed by atoms with Crippen LogP contribution in [0.15, 0.2) is 23.4 Å². The molecular formula is C16H17N3O9. The zero-order valence-electron chi connectivity index (χ0n) is 14.8. The van der Waals surface area contributed by atoms with Gasteiger partial charge in [0.2, 0.25) is 11.8 Å². The van der Waals surface area contributed by atoms with Crippen molar-refractivity contribution in [2.45, 2.75) is 26.0 Å². The number of hydrogen-bond donors (Lipinski definition) is 4. The van der Waals surface area contributed by atoms with Crippen molar-refractivity contribution in [3.8, 4) is 0 Å². The normalized spacial score (nSPS) is 12.4. The molecule has 2 unspecified atom stereocenters. The van der Waals surface area contributed by atoms with E-state index in [-0.39, 0.29) is 5.69 Å². The highest BCUT2D eigenvalue weighted by atomic mass is 16.4. The van der Waals surface area contributed by atoms with E-state index in [2.05, 4.69) is 5.18 Å². The Kier molecular flexibility index (Phi) is 7.45. The molecule has 0 bridgehead atoms. The van der Waals surface area contributed by atoms with Crippen LogP contribution in [0.1, 0.15) is 34.6 Å². The summed E-state index contributed by atoms with van der Waals surface area (Å²) in [5.74, 6) is -6.03. The van der Waals surface area contributed by atoms with Crippen LogP contribution in [0, 0.1) is 4.91 Å². The Morgan fingerprint density at radius 3 is 2.11 bits per heavy atom. The van der Waals surface area contributed by atoms with E-state index in [9.17, 15) is 39.1 Å². The van der Waals surface area contributed by atoms with Crippen molar-refractivity contribution in [1.29, 1.82) is 0 Å². The molecule has 0 aliphatic rings. The van der Waals surface area contributed by atoms with E-state index in [1.54, 1.807) is 0 Å². The van der Waals surface area contributed by atoms with Crippen molar-refractivity contribution >= 4 is 35.3 Å². The molecule has 28 heavy (non-hydrogen) atoms. The number of nitrogens with zero attached hydrogens (tertiary/aromatic N) is 2. The van der Waals surface area contributed by atoms with Gasteiger partial charge in [-0.15, -0.1) is 4.91 Å². The molecule has 12 heteroatoms. The SMILES string of the molecule is CC(=O)N(c1cc(C(=O)O)cc(C(=O)N=O)c1)C(C(=O)NCC(=O)O)C(C)O. The van der Waals surface area contributed by atoms with Gasteiger partial charge in [0.15, 0.2) is 0 Å². The third kappa shape index (κ3) is 5.41. The Hall–Kier alpha value is -3.67. The zero-order chi connectivity index (χ0) is 21.6. The topological polar surface area (TPSA) is 191 Å². The number of nitroso groups, excluding NO2 is 1. The first-order valence-electron chi connectivity index (χ1n) is 7.73. The van der Waals surface area contributed by atoms with Crippen LogP contribution in [-0.2, 0) is 14.4 Å². The van der Waals surface area contributed by atoms with E-state index in [1.807, 2.05) is 5.32 Å². The fourth-order valence-corrected chi connectivity index (χ4v) is 2.41. The molecule has 12 nitrogen and oxygen atoms in total. The molecule has 0 heterocycles. The highest BCUT2D eigenvalue weighted by molar-refractivity contribution is 6.04. The molecular weight excluding hydrogens is 378 g/mol. The number of rotatable bonds is 8. The molecule has 2 atom stereocenters. The molecule has 0 saturated heterocycles. The summed E-state index contributed by atoms with van der Waals surface area (Å²) >= 11 is 0. The van der Waals surface area contributed by atoms with Crippen molar-refractivity contribution in [3.05, 3.63) is 34.2 Å². The maximum atomic E-state index is 12.3. The molecule has 0 spiro atoms. The van der Waals surface area contributed by atoms with Crippen LogP contribution >= 0.6 is 0 Å². The third-order valence-corrected chi connectivity index (χ3v) is 3.53. The average molecular weight is 395 g/mol. The highest BCUT2D eigenvalue weighted by Gasteiger charge is 2.34. The number of aliphatic carboxylic acids is 1. The van der Waals surface area contributed by atoms with Gasteiger partial charge in [-0.3, -0.25) is 24.1 Å². The van der Waals surface area contributed by atoms with Gasteiger partial charge in [-0.05, 0) is 25.1 Å². The van der Waals surface area contributed by atoms with E-state index in [0.29, 0.717) is 4.90 Å². The van der Waals surface area contributed by atoms with Gasteiger partial charge in [0.25, 0.3) is 0 Å². The third-order valence-electron chi connectivity index (χ3n) is 3.53. The first-order valence-corrected chi connectivity index (χ1v) is 7.73. The Balaban J connectivity index is 3.55. The number of carbonyl (C=O) groups excluding carboxylic acids is 3. The number of anilines is 1. The lowest BCUT2D eigenvalue weighted by Crippen LogP contribution is -2.55. The quantitative estimate of drug-likeness (QED) is 0.424. The summed E-state index contributed by atoms with van der Waals surface area (Å²) in [6, 6.07) is 1.12. The summed E-state index contributed by atoms with van der Waals surface area (Å²) in [5.41, 5.74) is -1.21. The van der Waals surface area contributed by atoms with Crippen LogP contribution in [0.25, 0.3) is 0 Å². The fourth-order valence-electron chi connectivity index (χ4n) is 2.41. The lowest BCUT2D eigenvalue weighted by atomic mass is 10.0. The monoisotopic (exact) mass is 395 g/mol. The number of nitrogens with one attached hydrogen (secondary N) is 1. The largest absolute Gasteiger partial charge is 0.480 e. The molecule has 0 saturated carbocycles. The van der Waals surface area contributed by atoms with Crippen LogP contribution < -0.4 is 10.2 Å². The molecule has 150 valence electrons. The molecule has 0 aliphatic heterocycles. The van der Waals surface area contributed by atoms with Crippen molar-refractivity contribution in [2.75, 3.05) is 11.4 Å². The number of carboxylic acid groups (broad SMARTS) is 2. The maximum absolute atomic E-state index is 12.3. The van der Waals surface area contributed by atoms with Crippen molar-refractivity contribution < 1.29 is 39.3 Å². The smallest absolute Gasteiger partial charge is 0.335 e. The van der Waals surface area contributed by atoms with Gasteiger partial charge in [-0.2, -0.15) is 0 Å². The van der Waals surface area contributed by atoms with Gasteiger partial charge in [-0.25, -0.2) is 4.79 Å². The van der Waals surface area contributed by atoms with Crippen LogP contribution in [0.2, 0.25) is 0 Å². The number of benzene rings is 1. The van der Waals surface area contributed by atoms with E-state index >= 15 is 0 Å². The molecule has 0 aromatic heterocycles. The number of carboxylic acids is 2. The summed E-state index contributed by atoms with van der Waals surface area (Å²) < 4.78 is 0. The highest BCUT2D eigenvalue weighted by Crippen LogP contribution is 2.24. The van der Waals surface area contributed by atoms with E-state index in [1.165, 1.54) is 0 Å². The van der Waals surface area contributed by atoms with Crippen molar-refractivity contribution in [2.24, 2.45) is 5.18 Å². The second-order valence-corrected chi connectivity index (χ2v) is 5.66. The Morgan fingerprint density at radius 1 is 1.11 bits per heavy atom. The standard InChI is InChI=1S/C16H17N3O9/c1-7(20)13(15(25)17-6-12(22)23)19(8(2)21)11-4-9(14(24)18-28)3-10(5-11)16(26)27/h3-5,7,13,20H,6H2,1-2H3,(H,17,25)(H,22,23)(H,26,27). The molecule has 0 aliphatic carbocycles. The minimum Gasteiger partial charge on any atom is -0.480 e. The summed E-state index contributed by atoms with van der Waals surface area (Å²) in [4.78, 5) is 69.2. The number of amides is 3. The number of aliphatic hydroxyl groups excluding tert-OH is 1. The molecule has 1 rings (SSSR count). The summed E-state index contributed by atoms with van der Waals surface area (Å²) in [7, 11) is 0. The molecule has 0 fully saturated rings. The van der Waals surface area contributed by atoms with Crippen LogP contribution in [-0.4, -0.2) is 63.7 Å². The molecule has 1 aromatic carbocycles. The van der Waals surface area contributed by atoms with Gasteiger partial charge < -0.3 is 20.6 Å². The minimum absolute atomic E-state index is 0.282. The fraction of sp³-hybridized carbons (Fsp3) is 0.312. The Morgan fingerprint density at radius 2 is 1.68 bits per heavy atom. The lowest BCUT2D eigenvalue weighted by Gasteiger charge is -2.32. The van der Waals surface area contributed by atoms with Crippen LogP contribution in [0.5, 0.6) is 0 Å². The van der Waals surface area contributed by atoms with Gasteiger partial charge in [0, 0.05) is 23.4 Å². The first-order chi connectivity index (χ1) is 13.0. The van der Waals surface area contributed by atoms with Gasteiger partial charge >= 0.3 is 17.8 Å². The predicted molar refractivity (Wildman–Crippen MR) is 92.8 cm³/mol. The number of aliphatic hydroxyl groups is 1. The lowest BCUT2D eigenvalue weighted by molar-refractivity contribution is -0.138. The van der Waals surface area contributed by atoms with Crippen LogP contribution in [0.4, 0.5) is 5.69 Å². The molecule has 4 N–H and O–H groups in total. The Labute approximate surface area is 157 Å². The molecule has 3 amide bonds. The second kappa shape index (κ2) is 9.32. The van der Waals surface area contributed by atoms with Gasteiger partial charge in [0.1, 0.15) is 12.6 Å². The summed E-state index contributed by atoms with van der Waals surface area (Å²) in [6.45, 7) is 1.37. The van der Waals surface area contributed by atoms with E-state index < -0.39 is 59.5 Å².